The Bertz CT molecular complexity index is 367. The molecule has 0 spiro atoms. The van der Waals surface area contributed by atoms with Crippen LogP contribution in [0.3, 0.4) is 0 Å². The first-order valence-electron chi connectivity index (χ1n) is 4.63. The van der Waals surface area contributed by atoms with Gasteiger partial charge in [0.2, 0.25) is 0 Å². The molecule has 4 nitrogen and oxygen atoms in total. The van der Waals surface area contributed by atoms with E-state index in [0.717, 1.165) is 9.37 Å². The van der Waals surface area contributed by atoms with E-state index in [2.05, 4.69) is 21.2 Å². The number of hydrogen-bond acceptors (Lipinski definition) is 4. The summed E-state index contributed by atoms with van der Waals surface area (Å²) in [4.78, 5) is 11.7. The Morgan fingerprint density at radius 2 is 2.38 bits per heavy atom. The van der Waals surface area contributed by atoms with Gasteiger partial charge in [0.25, 0.3) is 0 Å². The lowest BCUT2D eigenvalue weighted by atomic mass is 10.3. The zero-order valence-corrected chi connectivity index (χ0v) is 11.1. The molecule has 1 aromatic carbocycles. The van der Waals surface area contributed by atoms with Crippen molar-refractivity contribution in [2.24, 2.45) is 0 Å². The predicted molar refractivity (Wildman–Crippen MR) is 69.8 cm³/mol. The van der Waals surface area contributed by atoms with Gasteiger partial charge in [-0.3, -0.25) is 4.79 Å². The third kappa shape index (κ3) is 3.40. The van der Waals surface area contributed by atoms with Crippen LogP contribution in [-0.4, -0.2) is 29.9 Å². The van der Waals surface area contributed by atoms with Gasteiger partial charge in [0.1, 0.15) is 6.04 Å². The van der Waals surface area contributed by atoms with Crippen molar-refractivity contribution < 1.29 is 9.90 Å². The van der Waals surface area contributed by atoms with E-state index < -0.39 is 12.0 Å². The summed E-state index contributed by atoms with van der Waals surface area (Å²) in [6, 6.07) is 4.95. The molecule has 1 atom stereocenters. The standard InChI is InChI=1S/C10H13BrN2O2S/c1-13-8(10(14)15)5-16-9-6(11)3-2-4-7(9)12/h2-4,8,13H,5,12H2,1H3,(H,14,15)/t8-/m0/s1. The lowest BCUT2D eigenvalue weighted by molar-refractivity contribution is -0.138. The average molecular weight is 305 g/mol. The number of nitrogens with one attached hydrogen (secondary N) is 1. The zero-order chi connectivity index (χ0) is 12.1. The molecule has 0 aliphatic carbocycles. The van der Waals surface area contributed by atoms with Gasteiger partial charge in [-0.2, -0.15) is 0 Å². The van der Waals surface area contributed by atoms with Gasteiger partial charge >= 0.3 is 5.97 Å². The van der Waals surface area contributed by atoms with Crippen LogP contribution in [0.4, 0.5) is 5.69 Å². The number of thioether (sulfide) groups is 1. The molecule has 0 heterocycles. The number of nitrogen functional groups attached to an aromatic ring is 1. The van der Waals surface area contributed by atoms with E-state index in [1.807, 2.05) is 12.1 Å². The van der Waals surface area contributed by atoms with E-state index in [1.54, 1.807) is 13.1 Å². The van der Waals surface area contributed by atoms with E-state index >= 15 is 0 Å². The van der Waals surface area contributed by atoms with Gasteiger partial charge < -0.3 is 16.2 Å². The summed E-state index contributed by atoms with van der Waals surface area (Å²) >= 11 is 4.81. The van der Waals surface area contributed by atoms with Crippen LogP contribution in [0.25, 0.3) is 0 Å². The molecule has 0 radical (unpaired) electrons. The third-order valence-electron chi connectivity index (χ3n) is 2.04. The largest absolute Gasteiger partial charge is 0.480 e. The lowest BCUT2D eigenvalue weighted by Gasteiger charge is -2.12. The molecule has 0 saturated carbocycles. The van der Waals surface area contributed by atoms with Gasteiger partial charge in [0.15, 0.2) is 0 Å². The quantitative estimate of drug-likeness (QED) is 0.571. The molecule has 0 amide bonds. The molecule has 6 heteroatoms. The Labute approximate surface area is 107 Å². The summed E-state index contributed by atoms with van der Waals surface area (Å²) in [7, 11) is 1.63. The van der Waals surface area contributed by atoms with Gasteiger partial charge in [0, 0.05) is 20.8 Å². The molecule has 1 aromatic rings. The first-order chi connectivity index (χ1) is 7.56. The van der Waals surface area contributed by atoms with E-state index in [-0.39, 0.29) is 0 Å². The van der Waals surface area contributed by atoms with Gasteiger partial charge in [0.05, 0.1) is 0 Å². The van der Waals surface area contributed by atoms with Crippen LogP contribution in [0, 0.1) is 0 Å². The highest BCUT2D eigenvalue weighted by molar-refractivity contribution is 9.10. The van der Waals surface area contributed by atoms with Crippen LogP contribution in [0.2, 0.25) is 0 Å². The second-order valence-electron chi connectivity index (χ2n) is 3.15. The van der Waals surface area contributed by atoms with E-state index in [4.69, 9.17) is 10.8 Å². The first-order valence-corrected chi connectivity index (χ1v) is 6.41. The minimum Gasteiger partial charge on any atom is -0.480 e. The number of nitrogens with two attached hydrogens (primary N) is 1. The fourth-order valence-corrected chi connectivity index (χ4v) is 2.93. The van der Waals surface area contributed by atoms with Crippen molar-refractivity contribution in [3.05, 3.63) is 22.7 Å². The first kappa shape index (κ1) is 13.3. The molecule has 0 aliphatic heterocycles. The van der Waals surface area contributed by atoms with Gasteiger partial charge in [-0.1, -0.05) is 6.07 Å². The van der Waals surface area contributed by atoms with Gasteiger partial charge in [-0.25, -0.2) is 0 Å². The summed E-state index contributed by atoms with van der Waals surface area (Å²) in [6.07, 6.45) is 0. The minimum atomic E-state index is -0.861. The number of halogens is 1. The number of carboxylic acids is 1. The van der Waals surface area contributed by atoms with Crippen molar-refractivity contribution in [1.29, 1.82) is 0 Å². The second-order valence-corrected chi connectivity index (χ2v) is 5.03. The van der Waals surface area contributed by atoms with Crippen LogP contribution in [-0.2, 0) is 4.79 Å². The Morgan fingerprint density at radius 3 is 2.88 bits per heavy atom. The van der Waals surface area contributed by atoms with Crippen LogP contribution < -0.4 is 11.1 Å². The predicted octanol–water partition coefficient (Wildman–Crippen LogP) is 1.80. The highest BCUT2D eigenvalue weighted by Crippen LogP contribution is 2.32. The molecular weight excluding hydrogens is 292 g/mol. The number of carbonyl (C=O) groups is 1. The second kappa shape index (κ2) is 6.12. The van der Waals surface area contributed by atoms with Crippen molar-refractivity contribution in [1.82, 2.24) is 5.32 Å². The maximum atomic E-state index is 10.8. The summed E-state index contributed by atoms with van der Waals surface area (Å²) < 4.78 is 0.887. The molecular formula is C10H13BrN2O2S. The average Bonchev–Trinajstić information content (AvgIpc) is 2.22. The molecule has 0 aliphatic rings. The minimum absolute atomic E-state index is 0.429. The number of carboxylic acid groups (broad SMARTS) is 1. The van der Waals surface area contributed by atoms with Crippen LogP contribution in [0.5, 0.6) is 0 Å². The van der Waals surface area contributed by atoms with Crippen molar-refractivity contribution in [3.63, 3.8) is 0 Å². The summed E-state index contributed by atoms with van der Waals surface area (Å²) in [5.74, 6) is -0.431. The SMILES string of the molecule is CN[C@@H](CSc1c(N)cccc1Br)C(=O)O. The number of likely N-dealkylation sites (N-methyl/N-ethyl adjacent to an activating group) is 1. The number of anilines is 1. The fraction of sp³-hybridized carbons (Fsp3) is 0.300. The molecule has 0 bridgehead atoms. The molecule has 4 N–H and O–H groups in total. The summed E-state index contributed by atoms with van der Waals surface area (Å²) in [5, 5.41) is 11.6. The molecule has 88 valence electrons. The van der Waals surface area contributed by atoms with Crippen molar-refractivity contribution >= 4 is 39.3 Å². The summed E-state index contributed by atoms with van der Waals surface area (Å²) in [5.41, 5.74) is 6.46. The summed E-state index contributed by atoms with van der Waals surface area (Å²) in [6.45, 7) is 0. The third-order valence-corrected chi connectivity index (χ3v) is 4.21. The number of hydrogen-bond donors (Lipinski definition) is 3. The molecule has 0 unspecified atom stereocenters. The molecule has 0 saturated heterocycles. The Balaban J connectivity index is 2.70. The molecule has 1 rings (SSSR count). The highest BCUT2D eigenvalue weighted by Gasteiger charge is 2.16. The van der Waals surface area contributed by atoms with Crippen molar-refractivity contribution in [2.75, 3.05) is 18.5 Å². The van der Waals surface area contributed by atoms with E-state index in [1.165, 1.54) is 11.8 Å². The maximum Gasteiger partial charge on any atom is 0.321 e. The Kier molecular flexibility index (Phi) is 5.11. The lowest BCUT2D eigenvalue weighted by Crippen LogP contribution is -2.35. The molecule has 0 fully saturated rings. The Morgan fingerprint density at radius 1 is 1.69 bits per heavy atom. The van der Waals surface area contributed by atoms with Crippen LogP contribution in [0.15, 0.2) is 27.6 Å². The van der Waals surface area contributed by atoms with Crippen LogP contribution in [0.1, 0.15) is 0 Å². The van der Waals surface area contributed by atoms with Gasteiger partial charge in [-0.05, 0) is 35.1 Å². The van der Waals surface area contributed by atoms with E-state index in [0.29, 0.717) is 11.4 Å². The Hall–Kier alpha value is -0.720. The fourth-order valence-electron chi connectivity index (χ4n) is 1.12. The van der Waals surface area contributed by atoms with E-state index in [9.17, 15) is 4.79 Å². The highest BCUT2D eigenvalue weighted by atomic mass is 79.9. The van der Waals surface area contributed by atoms with Crippen molar-refractivity contribution in [3.8, 4) is 0 Å². The van der Waals surface area contributed by atoms with Crippen molar-refractivity contribution in [2.45, 2.75) is 10.9 Å². The smallest absolute Gasteiger partial charge is 0.321 e. The number of rotatable bonds is 5. The zero-order valence-electron chi connectivity index (χ0n) is 8.74. The monoisotopic (exact) mass is 304 g/mol. The maximum absolute atomic E-state index is 10.8. The van der Waals surface area contributed by atoms with Gasteiger partial charge in [-0.15, -0.1) is 11.8 Å². The molecule has 0 aromatic heterocycles. The number of aliphatic carboxylic acids is 1. The normalized spacial score (nSPS) is 12.4. The topological polar surface area (TPSA) is 75.3 Å². The molecule has 16 heavy (non-hydrogen) atoms. The number of benzene rings is 1. The van der Waals surface area contributed by atoms with Crippen LogP contribution >= 0.6 is 27.7 Å².